The Morgan fingerprint density at radius 2 is 1.69 bits per heavy atom. The minimum atomic E-state index is -0.273. The fourth-order valence-corrected chi connectivity index (χ4v) is 4.16. The smallest absolute Gasteiger partial charge is 0.266 e. The third-order valence-electron chi connectivity index (χ3n) is 4.70. The molecule has 0 aliphatic carbocycles. The SMILES string of the molecule is COc1ccc(-n2c(S[C@H](C)c3ccc(F)cc3)nc3ccccc3c2=O)cc1. The van der Waals surface area contributed by atoms with Crippen molar-refractivity contribution in [2.45, 2.75) is 17.3 Å². The molecule has 0 aliphatic heterocycles. The molecule has 29 heavy (non-hydrogen) atoms. The standard InChI is InChI=1S/C23H19FN2O2S/c1-15(16-7-9-17(24)10-8-16)29-23-25-21-6-4-3-5-20(21)22(27)26(23)18-11-13-19(28-2)14-12-18/h3-15H,1-2H3/t15-/m1/s1. The highest BCUT2D eigenvalue weighted by Crippen LogP contribution is 2.35. The zero-order chi connectivity index (χ0) is 20.4. The van der Waals surface area contributed by atoms with Gasteiger partial charge in [0.15, 0.2) is 5.16 Å². The zero-order valence-electron chi connectivity index (χ0n) is 16.0. The number of thioether (sulfide) groups is 1. The van der Waals surface area contributed by atoms with Crippen LogP contribution in [0.25, 0.3) is 16.6 Å². The number of aromatic nitrogens is 2. The van der Waals surface area contributed by atoms with Crippen molar-refractivity contribution in [3.63, 3.8) is 0 Å². The average molecular weight is 406 g/mol. The Morgan fingerprint density at radius 1 is 1.00 bits per heavy atom. The molecule has 0 saturated carbocycles. The molecule has 146 valence electrons. The van der Waals surface area contributed by atoms with Gasteiger partial charge in [-0.1, -0.05) is 36.0 Å². The van der Waals surface area contributed by atoms with Crippen LogP contribution in [0.4, 0.5) is 4.39 Å². The molecule has 0 fully saturated rings. The van der Waals surface area contributed by atoms with E-state index < -0.39 is 0 Å². The van der Waals surface area contributed by atoms with Gasteiger partial charge in [-0.15, -0.1) is 0 Å². The second-order valence-electron chi connectivity index (χ2n) is 6.56. The fraction of sp³-hybridized carbons (Fsp3) is 0.130. The van der Waals surface area contributed by atoms with Crippen LogP contribution in [0.15, 0.2) is 82.7 Å². The van der Waals surface area contributed by atoms with Crippen LogP contribution < -0.4 is 10.3 Å². The number of halogens is 1. The molecular weight excluding hydrogens is 387 g/mol. The van der Waals surface area contributed by atoms with E-state index in [2.05, 4.69) is 0 Å². The molecule has 0 aliphatic rings. The Morgan fingerprint density at radius 3 is 2.38 bits per heavy atom. The van der Waals surface area contributed by atoms with Crippen LogP contribution in [-0.4, -0.2) is 16.7 Å². The first-order chi connectivity index (χ1) is 14.1. The summed E-state index contributed by atoms with van der Waals surface area (Å²) in [6.45, 7) is 2.01. The maximum absolute atomic E-state index is 13.3. The molecular formula is C23H19FN2O2S. The lowest BCUT2D eigenvalue weighted by atomic mass is 10.2. The van der Waals surface area contributed by atoms with Crippen LogP contribution in [0.1, 0.15) is 17.7 Å². The predicted molar refractivity (Wildman–Crippen MR) is 115 cm³/mol. The molecule has 4 aromatic rings. The molecule has 0 unspecified atom stereocenters. The van der Waals surface area contributed by atoms with Gasteiger partial charge >= 0.3 is 0 Å². The summed E-state index contributed by atoms with van der Waals surface area (Å²) in [5.41, 5.74) is 2.19. The Hall–Kier alpha value is -3.12. The van der Waals surface area contributed by atoms with E-state index in [0.29, 0.717) is 27.5 Å². The van der Waals surface area contributed by atoms with Crippen molar-refractivity contribution in [1.82, 2.24) is 9.55 Å². The Labute approximate surface area is 172 Å². The number of fused-ring (bicyclic) bond motifs is 1. The van der Waals surface area contributed by atoms with Gasteiger partial charge in [0.1, 0.15) is 11.6 Å². The number of hydrogen-bond acceptors (Lipinski definition) is 4. The van der Waals surface area contributed by atoms with E-state index in [1.807, 2.05) is 49.4 Å². The third-order valence-corrected chi connectivity index (χ3v) is 5.81. The van der Waals surface area contributed by atoms with Gasteiger partial charge in [0, 0.05) is 5.25 Å². The van der Waals surface area contributed by atoms with Gasteiger partial charge in [0.05, 0.1) is 23.7 Å². The van der Waals surface area contributed by atoms with E-state index in [1.54, 1.807) is 29.9 Å². The number of ether oxygens (including phenoxy) is 1. The van der Waals surface area contributed by atoms with Gasteiger partial charge in [-0.05, 0) is 61.0 Å². The summed E-state index contributed by atoms with van der Waals surface area (Å²) in [5.74, 6) is 0.439. The second kappa shape index (κ2) is 8.09. The van der Waals surface area contributed by atoms with Gasteiger partial charge in [0.25, 0.3) is 5.56 Å². The number of nitrogens with zero attached hydrogens (tertiary/aromatic N) is 2. The lowest BCUT2D eigenvalue weighted by Gasteiger charge is -2.17. The number of rotatable bonds is 5. The summed E-state index contributed by atoms with van der Waals surface area (Å²) < 4.78 is 20.1. The fourth-order valence-electron chi connectivity index (χ4n) is 3.11. The van der Waals surface area contributed by atoms with Crippen LogP contribution >= 0.6 is 11.8 Å². The van der Waals surface area contributed by atoms with Crippen molar-refractivity contribution in [3.05, 3.63) is 94.5 Å². The van der Waals surface area contributed by atoms with E-state index in [1.165, 1.54) is 23.9 Å². The average Bonchev–Trinajstić information content (AvgIpc) is 2.74. The molecule has 4 nitrogen and oxygen atoms in total. The molecule has 6 heteroatoms. The van der Waals surface area contributed by atoms with Crippen LogP contribution in [0.5, 0.6) is 5.75 Å². The third kappa shape index (κ3) is 3.89. The van der Waals surface area contributed by atoms with Gasteiger partial charge < -0.3 is 4.74 Å². The summed E-state index contributed by atoms with van der Waals surface area (Å²) in [5, 5.41) is 1.12. The van der Waals surface area contributed by atoms with E-state index in [4.69, 9.17) is 9.72 Å². The molecule has 4 rings (SSSR count). The lowest BCUT2D eigenvalue weighted by molar-refractivity contribution is 0.414. The van der Waals surface area contributed by atoms with Gasteiger partial charge in [-0.2, -0.15) is 0 Å². The van der Waals surface area contributed by atoms with Crippen molar-refractivity contribution < 1.29 is 9.13 Å². The zero-order valence-corrected chi connectivity index (χ0v) is 16.8. The van der Waals surface area contributed by atoms with Crippen LogP contribution in [0.2, 0.25) is 0 Å². The van der Waals surface area contributed by atoms with Crippen molar-refractivity contribution in [1.29, 1.82) is 0 Å². The van der Waals surface area contributed by atoms with Crippen molar-refractivity contribution in [2.24, 2.45) is 0 Å². The first kappa shape index (κ1) is 19.2. The van der Waals surface area contributed by atoms with Crippen LogP contribution in [0.3, 0.4) is 0 Å². The highest BCUT2D eigenvalue weighted by atomic mass is 32.2. The first-order valence-corrected chi connectivity index (χ1v) is 10.0. The second-order valence-corrected chi connectivity index (χ2v) is 7.87. The van der Waals surface area contributed by atoms with E-state index in [9.17, 15) is 9.18 Å². The molecule has 0 amide bonds. The summed E-state index contributed by atoms with van der Waals surface area (Å²) in [7, 11) is 1.60. The topological polar surface area (TPSA) is 44.1 Å². The lowest BCUT2D eigenvalue weighted by Crippen LogP contribution is -2.22. The molecule has 3 aromatic carbocycles. The maximum atomic E-state index is 13.3. The summed E-state index contributed by atoms with van der Waals surface area (Å²) in [6.07, 6.45) is 0. The molecule has 1 aromatic heterocycles. The number of para-hydroxylation sites is 1. The van der Waals surface area contributed by atoms with Gasteiger partial charge in [-0.3, -0.25) is 9.36 Å². The van der Waals surface area contributed by atoms with Crippen molar-refractivity contribution in [3.8, 4) is 11.4 Å². The summed E-state index contributed by atoms with van der Waals surface area (Å²) >= 11 is 1.46. The predicted octanol–water partition coefficient (Wildman–Crippen LogP) is 5.39. The molecule has 0 spiro atoms. The van der Waals surface area contributed by atoms with Crippen LogP contribution in [0, 0.1) is 5.82 Å². The monoisotopic (exact) mass is 406 g/mol. The Bertz CT molecular complexity index is 1200. The quantitative estimate of drug-likeness (QED) is 0.329. The summed E-state index contributed by atoms with van der Waals surface area (Å²) in [4.78, 5) is 18.1. The molecule has 1 atom stereocenters. The maximum Gasteiger partial charge on any atom is 0.266 e. The van der Waals surface area contributed by atoms with E-state index in [-0.39, 0.29) is 16.6 Å². The normalized spacial score (nSPS) is 12.1. The highest BCUT2D eigenvalue weighted by Gasteiger charge is 2.17. The number of hydrogen-bond donors (Lipinski definition) is 0. The molecule has 0 bridgehead atoms. The molecule has 1 heterocycles. The number of methoxy groups -OCH3 is 1. The minimum Gasteiger partial charge on any atom is -0.497 e. The molecule has 0 radical (unpaired) electrons. The molecule has 0 N–H and O–H groups in total. The van der Waals surface area contributed by atoms with Gasteiger partial charge in [0.2, 0.25) is 0 Å². The van der Waals surface area contributed by atoms with Gasteiger partial charge in [-0.25, -0.2) is 9.37 Å². The molecule has 0 saturated heterocycles. The first-order valence-electron chi connectivity index (χ1n) is 9.15. The van der Waals surface area contributed by atoms with Crippen molar-refractivity contribution in [2.75, 3.05) is 7.11 Å². The largest absolute Gasteiger partial charge is 0.497 e. The summed E-state index contributed by atoms with van der Waals surface area (Å²) in [6, 6.07) is 21.0. The Balaban J connectivity index is 1.84. The van der Waals surface area contributed by atoms with E-state index >= 15 is 0 Å². The Kier molecular flexibility index (Phi) is 5.36. The number of benzene rings is 3. The van der Waals surface area contributed by atoms with Crippen molar-refractivity contribution >= 4 is 22.7 Å². The van der Waals surface area contributed by atoms with Crippen LogP contribution in [-0.2, 0) is 0 Å². The van der Waals surface area contributed by atoms with E-state index in [0.717, 1.165) is 5.56 Å². The highest BCUT2D eigenvalue weighted by molar-refractivity contribution is 7.99. The minimum absolute atomic E-state index is 0.0202.